The summed E-state index contributed by atoms with van der Waals surface area (Å²) in [7, 11) is 0. The van der Waals surface area contributed by atoms with E-state index >= 15 is 0 Å². The molecule has 4 heteroatoms. The van der Waals surface area contributed by atoms with Crippen LogP contribution in [-0.2, 0) is 11.3 Å². The average Bonchev–Trinajstić information content (AvgIpc) is 2.96. The zero-order valence-electron chi connectivity index (χ0n) is 12.5. The molecule has 2 aliphatic heterocycles. The number of rotatable bonds is 2. The van der Waals surface area contributed by atoms with Crippen molar-refractivity contribution in [2.75, 3.05) is 26.3 Å². The lowest BCUT2D eigenvalue weighted by Gasteiger charge is -2.34. The fourth-order valence-electron chi connectivity index (χ4n) is 3.85. The van der Waals surface area contributed by atoms with E-state index in [4.69, 9.17) is 14.9 Å². The molecule has 4 nitrogen and oxygen atoms in total. The Kier molecular flexibility index (Phi) is 3.06. The molecular formula is C17H22N2O2. The summed E-state index contributed by atoms with van der Waals surface area (Å²) < 4.78 is 11.5. The smallest absolute Gasteiger partial charge is 0.134 e. The molecule has 2 aliphatic rings. The Morgan fingerprint density at radius 3 is 3.10 bits per heavy atom. The number of likely N-dealkylation sites (tertiary alicyclic amines) is 1. The van der Waals surface area contributed by atoms with Crippen LogP contribution in [-0.4, -0.2) is 36.7 Å². The van der Waals surface area contributed by atoms with Crippen molar-refractivity contribution in [3.63, 3.8) is 0 Å². The minimum Gasteiger partial charge on any atom is -0.461 e. The summed E-state index contributed by atoms with van der Waals surface area (Å²) in [6.07, 6.45) is 0.972. The SMILES string of the molecule is Cc1oc2ccccc2c1CN1C[C@@H]2COCC[C@]2(N)C1. The van der Waals surface area contributed by atoms with Crippen molar-refractivity contribution in [3.05, 3.63) is 35.6 Å². The van der Waals surface area contributed by atoms with Crippen molar-refractivity contribution in [1.29, 1.82) is 0 Å². The van der Waals surface area contributed by atoms with Gasteiger partial charge in [-0.2, -0.15) is 0 Å². The fourth-order valence-corrected chi connectivity index (χ4v) is 3.85. The second-order valence-corrected chi connectivity index (χ2v) is 6.56. The zero-order valence-corrected chi connectivity index (χ0v) is 12.5. The maximum Gasteiger partial charge on any atom is 0.134 e. The highest BCUT2D eigenvalue weighted by molar-refractivity contribution is 5.82. The summed E-state index contributed by atoms with van der Waals surface area (Å²) in [4.78, 5) is 2.46. The van der Waals surface area contributed by atoms with Crippen LogP contribution in [0.1, 0.15) is 17.7 Å². The van der Waals surface area contributed by atoms with E-state index in [1.165, 1.54) is 10.9 Å². The largest absolute Gasteiger partial charge is 0.461 e. The molecule has 0 amide bonds. The number of nitrogens with zero attached hydrogens (tertiary/aromatic N) is 1. The molecule has 0 spiro atoms. The maximum atomic E-state index is 6.59. The van der Waals surface area contributed by atoms with Gasteiger partial charge in [-0.05, 0) is 19.4 Å². The molecule has 0 aliphatic carbocycles. The quantitative estimate of drug-likeness (QED) is 0.920. The number of ether oxygens (including phenoxy) is 1. The maximum absolute atomic E-state index is 6.59. The van der Waals surface area contributed by atoms with Crippen LogP contribution in [0.4, 0.5) is 0 Å². The third kappa shape index (κ3) is 2.18. The summed E-state index contributed by atoms with van der Waals surface area (Å²) >= 11 is 0. The Morgan fingerprint density at radius 1 is 1.38 bits per heavy atom. The van der Waals surface area contributed by atoms with Crippen LogP contribution in [0.3, 0.4) is 0 Å². The van der Waals surface area contributed by atoms with E-state index in [1.54, 1.807) is 0 Å². The third-order valence-electron chi connectivity index (χ3n) is 5.12. The molecule has 0 unspecified atom stereocenters. The van der Waals surface area contributed by atoms with E-state index in [0.29, 0.717) is 5.92 Å². The van der Waals surface area contributed by atoms with Gasteiger partial charge in [0.15, 0.2) is 0 Å². The first-order valence-electron chi connectivity index (χ1n) is 7.72. The van der Waals surface area contributed by atoms with Crippen LogP contribution < -0.4 is 5.73 Å². The van der Waals surface area contributed by atoms with Gasteiger partial charge in [-0.15, -0.1) is 0 Å². The summed E-state index contributed by atoms with van der Waals surface area (Å²) in [6.45, 7) is 6.56. The van der Waals surface area contributed by atoms with Gasteiger partial charge in [-0.25, -0.2) is 0 Å². The van der Waals surface area contributed by atoms with Crippen molar-refractivity contribution < 1.29 is 9.15 Å². The molecule has 1 aromatic heterocycles. The Balaban J connectivity index is 1.60. The van der Waals surface area contributed by atoms with Gasteiger partial charge in [0, 0.05) is 48.6 Å². The van der Waals surface area contributed by atoms with E-state index in [9.17, 15) is 0 Å². The van der Waals surface area contributed by atoms with Gasteiger partial charge in [0.25, 0.3) is 0 Å². The van der Waals surface area contributed by atoms with Gasteiger partial charge >= 0.3 is 0 Å². The number of benzene rings is 1. The van der Waals surface area contributed by atoms with E-state index in [2.05, 4.69) is 24.0 Å². The van der Waals surface area contributed by atoms with Crippen LogP contribution in [0.25, 0.3) is 11.0 Å². The molecule has 0 radical (unpaired) electrons. The van der Waals surface area contributed by atoms with E-state index in [-0.39, 0.29) is 5.54 Å². The number of hydrogen-bond donors (Lipinski definition) is 1. The fraction of sp³-hybridized carbons (Fsp3) is 0.529. The molecule has 2 atom stereocenters. The van der Waals surface area contributed by atoms with Crippen LogP contribution in [0.5, 0.6) is 0 Å². The predicted octanol–water partition coefficient (Wildman–Crippen LogP) is 2.29. The van der Waals surface area contributed by atoms with Crippen LogP contribution in [0.2, 0.25) is 0 Å². The van der Waals surface area contributed by atoms with Gasteiger partial charge < -0.3 is 14.9 Å². The van der Waals surface area contributed by atoms with Crippen molar-refractivity contribution in [2.45, 2.75) is 25.4 Å². The van der Waals surface area contributed by atoms with Crippen molar-refractivity contribution >= 4 is 11.0 Å². The number of aryl methyl sites for hydroxylation is 1. The average molecular weight is 286 g/mol. The second-order valence-electron chi connectivity index (χ2n) is 6.56. The van der Waals surface area contributed by atoms with Gasteiger partial charge in [-0.1, -0.05) is 18.2 Å². The van der Waals surface area contributed by atoms with Crippen molar-refractivity contribution in [2.24, 2.45) is 11.7 Å². The molecule has 2 aromatic rings. The lowest BCUT2D eigenvalue weighted by Crippen LogP contribution is -2.52. The van der Waals surface area contributed by atoms with Gasteiger partial charge in [0.2, 0.25) is 0 Å². The number of nitrogens with two attached hydrogens (primary N) is 1. The Bertz CT molecular complexity index is 666. The minimum atomic E-state index is -0.0638. The second kappa shape index (κ2) is 4.83. The highest BCUT2D eigenvalue weighted by atomic mass is 16.5. The molecule has 21 heavy (non-hydrogen) atoms. The minimum absolute atomic E-state index is 0.0638. The number of furan rings is 1. The van der Waals surface area contributed by atoms with Crippen molar-refractivity contribution in [3.8, 4) is 0 Å². The van der Waals surface area contributed by atoms with E-state index in [1.807, 2.05) is 12.1 Å². The lowest BCUT2D eigenvalue weighted by molar-refractivity contribution is 0.0241. The molecule has 4 rings (SSSR count). The Hall–Kier alpha value is -1.36. The topological polar surface area (TPSA) is 51.6 Å². The number of para-hydroxylation sites is 1. The molecule has 112 valence electrons. The normalized spacial score (nSPS) is 29.9. The summed E-state index contributed by atoms with van der Waals surface area (Å²) in [5.74, 6) is 1.48. The monoisotopic (exact) mass is 286 g/mol. The lowest BCUT2D eigenvalue weighted by atomic mass is 9.84. The van der Waals surface area contributed by atoms with Crippen LogP contribution >= 0.6 is 0 Å². The van der Waals surface area contributed by atoms with E-state index in [0.717, 1.165) is 50.6 Å². The molecular weight excluding hydrogens is 264 g/mol. The van der Waals surface area contributed by atoms with Crippen molar-refractivity contribution in [1.82, 2.24) is 4.90 Å². The predicted molar refractivity (Wildman–Crippen MR) is 82.1 cm³/mol. The first-order valence-corrected chi connectivity index (χ1v) is 7.72. The highest BCUT2D eigenvalue weighted by Gasteiger charge is 2.45. The number of fused-ring (bicyclic) bond motifs is 2. The summed E-state index contributed by atoms with van der Waals surface area (Å²) in [5.41, 5.74) is 8.80. The zero-order chi connectivity index (χ0) is 14.4. The molecule has 0 saturated carbocycles. The van der Waals surface area contributed by atoms with Gasteiger partial charge in [-0.3, -0.25) is 4.90 Å². The van der Waals surface area contributed by atoms with Gasteiger partial charge in [0.1, 0.15) is 11.3 Å². The molecule has 3 heterocycles. The molecule has 2 saturated heterocycles. The first-order chi connectivity index (χ1) is 10.2. The van der Waals surface area contributed by atoms with Gasteiger partial charge in [0.05, 0.1) is 6.61 Å². The van der Waals surface area contributed by atoms with Crippen LogP contribution in [0.15, 0.2) is 28.7 Å². The first kappa shape index (κ1) is 13.3. The van der Waals surface area contributed by atoms with E-state index < -0.39 is 0 Å². The standard InChI is InChI=1S/C17H22N2O2/c1-12-15(14-4-2-3-5-16(14)21-12)9-19-8-13-10-20-7-6-17(13,18)11-19/h2-5,13H,6-11,18H2,1H3/t13-,17+/m1/s1. The highest BCUT2D eigenvalue weighted by Crippen LogP contribution is 2.34. The third-order valence-corrected chi connectivity index (χ3v) is 5.12. The Morgan fingerprint density at radius 2 is 2.24 bits per heavy atom. The molecule has 0 bridgehead atoms. The van der Waals surface area contributed by atoms with Crippen LogP contribution in [0, 0.1) is 12.8 Å². The molecule has 2 fully saturated rings. The molecule has 2 N–H and O–H groups in total. The summed E-state index contributed by atoms with van der Waals surface area (Å²) in [6, 6.07) is 8.27. The Labute approximate surface area is 124 Å². The molecule has 1 aromatic carbocycles. The summed E-state index contributed by atoms with van der Waals surface area (Å²) in [5, 5.41) is 1.23. The number of hydrogen-bond acceptors (Lipinski definition) is 4.